The van der Waals surface area contributed by atoms with Crippen molar-refractivity contribution in [1.29, 1.82) is 0 Å². The molecule has 0 aromatic carbocycles. The second-order valence-electron chi connectivity index (χ2n) is 4.14. The minimum atomic E-state index is -4.44. The van der Waals surface area contributed by atoms with Gasteiger partial charge in [-0.05, 0) is 13.0 Å². The third-order valence-electron chi connectivity index (χ3n) is 2.79. The molecule has 1 amide bonds. The Bertz CT molecular complexity index is 443. The van der Waals surface area contributed by atoms with E-state index in [-0.39, 0.29) is 13.1 Å². The van der Waals surface area contributed by atoms with Crippen molar-refractivity contribution in [3.63, 3.8) is 0 Å². The highest BCUT2D eigenvalue weighted by molar-refractivity contribution is 5.76. The Morgan fingerprint density at radius 3 is 2.83 bits per heavy atom. The fraction of sp³-hybridized carbons (Fsp3) is 0.600. The van der Waals surface area contributed by atoms with Crippen LogP contribution in [0.3, 0.4) is 0 Å². The molecular formula is C10H13F3N4O. The first-order valence-corrected chi connectivity index (χ1v) is 5.50. The molecule has 1 unspecified atom stereocenters. The van der Waals surface area contributed by atoms with Crippen molar-refractivity contribution in [2.75, 3.05) is 19.6 Å². The molecule has 0 bridgehead atoms. The molecule has 0 radical (unpaired) electrons. The highest BCUT2D eigenvalue weighted by Crippen LogP contribution is 2.26. The van der Waals surface area contributed by atoms with Crippen molar-refractivity contribution in [3.8, 4) is 0 Å². The lowest BCUT2D eigenvalue weighted by Gasteiger charge is -2.36. The van der Waals surface area contributed by atoms with Gasteiger partial charge in [0, 0.05) is 25.8 Å². The van der Waals surface area contributed by atoms with Gasteiger partial charge in [0.25, 0.3) is 0 Å². The van der Waals surface area contributed by atoms with Gasteiger partial charge in [-0.1, -0.05) is 0 Å². The zero-order valence-electron chi connectivity index (χ0n) is 9.74. The van der Waals surface area contributed by atoms with Crippen LogP contribution in [0, 0.1) is 6.92 Å². The summed E-state index contributed by atoms with van der Waals surface area (Å²) in [6.07, 6.45) is -3.07. The van der Waals surface area contributed by atoms with Crippen LogP contribution in [0.2, 0.25) is 0 Å². The maximum Gasteiger partial charge on any atom is 0.410 e. The topological polar surface area (TPSA) is 50.2 Å². The average molecular weight is 262 g/mol. The van der Waals surface area contributed by atoms with Crippen molar-refractivity contribution >= 4 is 6.03 Å². The fourth-order valence-corrected chi connectivity index (χ4v) is 1.88. The number of hydrogen-bond acceptors (Lipinski definition) is 3. The number of nitrogens with zero attached hydrogens (tertiary/aromatic N) is 3. The van der Waals surface area contributed by atoms with E-state index in [1.807, 2.05) is 0 Å². The average Bonchev–Trinajstić information content (AvgIpc) is 2.74. The van der Waals surface area contributed by atoms with Crippen LogP contribution >= 0.6 is 0 Å². The number of aromatic nitrogens is 2. The summed E-state index contributed by atoms with van der Waals surface area (Å²) in [6, 6.07) is -0.974. The summed E-state index contributed by atoms with van der Waals surface area (Å²) in [5, 5.41) is 6.48. The maximum atomic E-state index is 12.8. The van der Waals surface area contributed by atoms with Gasteiger partial charge < -0.3 is 10.2 Å². The number of hydrogen-bond donors (Lipinski definition) is 1. The second kappa shape index (κ2) is 4.60. The molecule has 5 nitrogen and oxygen atoms in total. The number of halogens is 3. The van der Waals surface area contributed by atoms with E-state index in [2.05, 4.69) is 10.4 Å². The summed E-state index contributed by atoms with van der Waals surface area (Å²) in [6.45, 7) is 1.75. The highest BCUT2D eigenvalue weighted by Gasteiger charge is 2.46. The molecule has 0 aliphatic carbocycles. The molecular weight excluding hydrogens is 249 g/mol. The Morgan fingerprint density at radius 2 is 2.28 bits per heavy atom. The van der Waals surface area contributed by atoms with Gasteiger partial charge in [-0.2, -0.15) is 23.0 Å². The van der Waals surface area contributed by atoms with Crippen molar-refractivity contribution < 1.29 is 18.0 Å². The second-order valence-corrected chi connectivity index (χ2v) is 4.14. The molecule has 100 valence electrons. The smallest absolute Gasteiger partial charge is 0.313 e. The van der Waals surface area contributed by atoms with Crippen LogP contribution in [0.1, 0.15) is 5.69 Å². The lowest BCUT2D eigenvalue weighted by Crippen LogP contribution is -2.60. The molecule has 1 atom stereocenters. The minimum Gasteiger partial charge on any atom is -0.313 e. The van der Waals surface area contributed by atoms with E-state index in [9.17, 15) is 18.0 Å². The Balaban J connectivity index is 2.21. The van der Waals surface area contributed by atoms with E-state index < -0.39 is 18.2 Å². The maximum absolute atomic E-state index is 12.8. The van der Waals surface area contributed by atoms with Gasteiger partial charge in [0.15, 0.2) is 0 Å². The quantitative estimate of drug-likeness (QED) is 0.758. The molecule has 1 N–H and O–H groups in total. The Kier molecular flexibility index (Phi) is 3.29. The predicted molar refractivity (Wildman–Crippen MR) is 57.2 cm³/mol. The Morgan fingerprint density at radius 1 is 1.56 bits per heavy atom. The van der Waals surface area contributed by atoms with Crippen LogP contribution in [0.25, 0.3) is 0 Å². The van der Waals surface area contributed by atoms with Crippen LogP contribution < -0.4 is 5.32 Å². The molecule has 1 fully saturated rings. The van der Waals surface area contributed by atoms with Crippen molar-refractivity contribution in [3.05, 3.63) is 18.0 Å². The number of carbonyl (C=O) groups is 1. The minimum absolute atomic E-state index is 0.0158. The summed E-state index contributed by atoms with van der Waals surface area (Å²) in [7, 11) is 0. The van der Waals surface area contributed by atoms with Gasteiger partial charge in [0.2, 0.25) is 0 Å². The third kappa shape index (κ3) is 2.47. The van der Waals surface area contributed by atoms with Gasteiger partial charge in [-0.3, -0.25) is 0 Å². The lowest BCUT2D eigenvalue weighted by molar-refractivity contribution is -0.178. The van der Waals surface area contributed by atoms with E-state index in [1.54, 1.807) is 13.0 Å². The number of rotatable bonds is 0. The molecule has 0 spiro atoms. The monoisotopic (exact) mass is 262 g/mol. The van der Waals surface area contributed by atoms with E-state index in [0.717, 1.165) is 9.58 Å². The third-order valence-corrected chi connectivity index (χ3v) is 2.79. The summed E-state index contributed by atoms with van der Waals surface area (Å²) >= 11 is 0. The van der Waals surface area contributed by atoms with Gasteiger partial charge >= 0.3 is 12.2 Å². The molecule has 1 saturated heterocycles. The molecule has 1 aliphatic rings. The van der Waals surface area contributed by atoms with Crippen LogP contribution in [-0.4, -0.2) is 52.6 Å². The SMILES string of the molecule is Cc1ccn(C(=O)N2CCNCC2C(F)(F)F)n1. The first-order valence-electron chi connectivity index (χ1n) is 5.50. The van der Waals surface area contributed by atoms with Crippen LogP contribution in [0.5, 0.6) is 0 Å². The first kappa shape index (κ1) is 12.9. The van der Waals surface area contributed by atoms with E-state index in [0.29, 0.717) is 12.2 Å². The molecule has 0 saturated carbocycles. The number of aryl methyl sites for hydroxylation is 1. The van der Waals surface area contributed by atoms with Crippen LogP contribution in [0.4, 0.5) is 18.0 Å². The van der Waals surface area contributed by atoms with Crippen molar-refractivity contribution in [2.24, 2.45) is 0 Å². The van der Waals surface area contributed by atoms with Gasteiger partial charge in [0.1, 0.15) is 6.04 Å². The number of amides is 1. The van der Waals surface area contributed by atoms with Crippen molar-refractivity contribution in [1.82, 2.24) is 20.0 Å². The number of carbonyl (C=O) groups excluding carboxylic acids is 1. The summed E-state index contributed by atoms with van der Waals surface area (Å²) < 4.78 is 39.4. The summed E-state index contributed by atoms with van der Waals surface area (Å²) in [5.74, 6) is 0. The summed E-state index contributed by atoms with van der Waals surface area (Å²) in [5.41, 5.74) is 0.585. The van der Waals surface area contributed by atoms with Gasteiger partial charge in [-0.15, -0.1) is 0 Å². The molecule has 1 aliphatic heterocycles. The molecule has 8 heteroatoms. The normalized spacial score (nSPS) is 21.1. The van der Waals surface area contributed by atoms with Crippen molar-refractivity contribution in [2.45, 2.75) is 19.1 Å². The van der Waals surface area contributed by atoms with Crippen LogP contribution in [-0.2, 0) is 0 Å². The summed E-state index contributed by atoms with van der Waals surface area (Å²) in [4.78, 5) is 12.8. The number of nitrogens with one attached hydrogen (secondary N) is 1. The van der Waals surface area contributed by atoms with Gasteiger partial charge in [0.05, 0.1) is 5.69 Å². The van der Waals surface area contributed by atoms with Gasteiger partial charge in [-0.25, -0.2) is 4.79 Å². The first-order chi connectivity index (χ1) is 8.39. The molecule has 1 aromatic heterocycles. The number of alkyl halides is 3. The zero-order valence-corrected chi connectivity index (χ0v) is 9.74. The molecule has 1 aromatic rings. The van der Waals surface area contributed by atoms with E-state index >= 15 is 0 Å². The van der Waals surface area contributed by atoms with Crippen LogP contribution in [0.15, 0.2) is 12.3 Å². The Hall–Kier alpha value is -1.57. The lowest BCUT2D eigenvalue weighted by atomic mass is 10.2. The molecule has 2 rings (SSSR count). The fourth-order valence-electron chi connectivity index (χ4n) is 1.88. The largest absolute Gasteiger partial charge is 0.410 e. The van der Waals surface area contributed by atoms with E-state index in [1.165, 1.54) is 6.20 Å². The predicted octanol–water partition coefficient (Wildman–Crippen LogP) is 0.996. The number of piperazine rings is 1. The standard InChI is InChI=1S/C10H13F3N4O/c1-7-2-4-17(15-7)9(18)16-5-3-14-6-8(16)10(11,12)13/h2,4,8,14H,3,5-6H2,1H3. The zero-order chi connectivity index (χ0) is 13.3. The highest BCUT2D eigenvalue weighted by atomic mass is 19.4. The molecule has 18 heavy (non-hydrogen) atoms. The molecule has 2 heterocycles. The Labute approximate surface area is 102 Å². The van der Waals surface area contributed by atoms with E-state index in [4.69, 9.17) is 0 Å².